The van der Waals surface area contributed by atoms with Crippen LogP contribution in [0, 0.1) is 6.92 Å². The molecule has 3 aromatic heterocycles. The third kappa shape index (κ3) is 7.40. The van der Waals surface area contributed by atoms with Crippen molar-refractivity contribution in [2.45, 2.75) is 58.4 Å². The maximum Gasteiger partial charge on any atom is 0.416 e. The Morgan fingerprint density at radius 3 is 2.43 bits per heavy atom. The van der Waals surface area contributed by atoms with Gasteiger partial charge in [-0.25, -0.2) is 9.97 Å². The molecule has 2 amide bonds. The largest absolute Gasteiger partial charge is 0.485 e. The van der Waals surface area contributed by atoms with Gasteiger partial charge in [0.2, 0.25) is 11.7 Å². The van der Waals surface area contributed by atoms with Gasteiger partial charge >= 0.3 is 6.18 Å². The van der Waals surface area contributed by atoms with Crippen molar-refractivity contribution in [1.29, 1.82) is 0 Å². The lowest BCUT2D eigenvalue weighted by Crippen LogP contribution is -2.51. The second-order valence-corrected chi connectivity index (χ2v) is 13.3. The van der Waals surface area contributed by atoms with Crippen molar-refractivity contribution in [3.63, 3.8) is 0 Å². The van der Waals surface area contributed by atoms with Gasteiger partial charge < -0.3 is 24.4 Å². The van der Waals surface area contributed by atoms with Crippen molar-refractivity contribution in [3.05, 3.63) is 104 Å². The highest BCUT2D eigenvalue weighted by Gasteiger charge is 2.34. The lowest BCUT2D eigenvalue weighted by atomic mass is 10.2. The van der Waals surface area contributed by atoms with Crippen molar-refractivity contribution in [1.82, 2.24) is 34.0 Å². The van der Waals surface area contributed by atoms with Crippen LogP contribution in [0.15, 0.2) is 59.7 Å². The number of carbonyl (C=O) groups excluding carboxylic acids is 2. The molecule has 1 N–H and O–H groups in total. The lowest BCUT2D eigenvalue weighted by molar-refractivity contribution is -0.137. The van der Waals surface area contributed by atoms with Crippen LogP contribution in [0.1, 0.15) is 64.5 Å². The fourth-order valence-electron chi connectivity index (χ4n) is 6.39. The molecule has 1 aliphatic carbocycles. The number of nitrogens with zero attached hydrogens (tertiary/aromatic N) is 8. The molecule has 276 valence electrons. The average Bonchev–Trinajstić information content (AvgIpc) is 3.90. The van der Waals surface area contributed by atoms with Gasteiger partial charge in [-0.1, -0.05) is 48.9 Å². The maximum atomic E-state index is 14.1. The van der Waals surface area contributed by atoms with Gasteiger partial charge in [0, 0.05) is 32.1 Å². The summed E-state index contributed by atoms with van der Waals surface area (Å²) in [5, 5.41) is 6.86. The number of fused-ring (bicyclic) bond motifs is 1. The predicted molar refractivity (Wildman–Crippen MR) is 189 cm³/mol. The number of carbonyl (C=O) groups is 2. The first-order valence-electron chi connectivity index (χ1n) is 17.1. The molecule has 2 fully saturated rings. The van der Waals surface area contributed by atoms with Crippen molar-refractivity contribution < 1.29 is 27.5 Å². The highest BCUT2D eigenvalue weighted by Crippen LogP contribution is 2.38. The molecule has 0 unspecified atom stereocenters. The Morgan fingerprint density at radius 2 is 1.77 bits per heavy atom. The van der Waals surface area contributed by atoms with Crippen LogP contribution in [0.25, 0.3) is 5.78 Å². The number of benzene rings is 2. The lowest BCUT2D eigenvalue weighted by Gasteiger charge is -2.36. The molecule has 13 nitrogen and oxygen atoms in total. The normalized spacial score (nSPS) is 14.8. The minimum absolute atomic E-state index is 0.00781. The molecule has 7 rings (SSSR count). The van der Waals surface area contributed by atoms with E-state index in [1.54, 1.807) is 16.4 Å². The maximum absolute atomic E-state index is 14.1. The molecule has 1 saturated carbocycles. The van der Waals surface area contributed by atoms with E-state index in [0.29, 0.717) is 48.2 Å². The highest BCUT2D eigenvalue weighted by atomic mass is 35.5. The van der Waals surface area contributed by atoms with Gasteiger partial charge in [0.1, 0.15) is 25.2 Å². The van der Waals surface area contributed by atoms with Crippen LogP contribution in [0.4, 0.5) is 24.5 Å². The number of nitrogens with one attached hydrogen (secondary N) is 1. The van der Waals surface area contributed by atoms with Gasteiger partial charge in [0.05, 0.1) is 27.7 Å². The van der Waals surface area contributed by atoms with Crippen molar-refractivity contribution in [2.75, 3.05) is 36.4 Å². The smallest absolute Gasteiger partial charge is 0.416 e. The Bertz CT molecular complexity index is 2250. The average molecular weight is 750 g/mol. The molecule has 2 aliphatic rings. The molecular weight excluding hydrogens is 715 g/mol. The van der Waals surface area contributed by atoms with Crippen LogP contribution < -0.4 is 20.5 Å². The van der Waals surface area contributed by atoms with Gasteiger partial charge in [0.25, 0.3) is 11.5 Å². The zero-order valence-electron chi connectivity index (χ0n) is 28.9. The summed E-state index contributed by atoms with van der Waals surface area (Å²) in [6, 6.07) is 12.2. The number of ether oxygens (including phenoxy) is 1. The SMILES string of the molecule is CCc1c(N2CCN(C(=O)c3ncnc(C)c3OCc3ccccc3)CC2)c(=O)n2nc(C3CC3)nc2n1CC(=O)Nc1ccc(C(F)(F)F)cc1Cl. The molecule has 0 spiro atoms. The second-order valence-electron chi connectivity index (χ2n) is 12.9. The third-order valence-electron chi connectivity index (χ3n) is 9.29. The molecule has 2 aromatic carbocycles. The quantitative estimate of drug-likeness (QED) is 0.202. The van der Waals surface area contributed by atoms with Crippen molar-refractivity contribution in [2.24, 2.45) is 0 Å². The number of halogens is 4. The van der Waals surface area contributed by atoms with E-state index in [9.17, 15) is 27.6 Å². The van der Waals surface area contributed by atoms with Crippen molar-refractivity contribution >= 4 is 40.6 Å². The first-order valence-corrected chi connectivity index (χ1v) is 17.5. The van der Waals surface area contributed by atoms with E-state index >= 15 is 0 Å². The Kier molecular flexibility index (Phi) is 9.81. The monoisotopic (exact) mass is 749 g/mol. The second kappa shape index (κ2) is 14.5. The number of anilines is 2. The molecule has 1 aliphatic heterocycles. The molecule has 53 heavy (non-hydrogen) atoms. The molecule has 0 atom stereocenters. The summed E-state index contributed by atoms with van der Waals surface area (Å²) in [5.74, 6) is 0.182. The van der Waals surface area contributed by atoms with Gasteiger partial charge in [0.15, 0.2) is 17.3 Å². The molecule has 17 heteroatoms. The molecule has 1 saturated heterocycles. The molecular formula is C36H35ClF3N9O4. The Hall–Kier alpha value is -5.51. The van der Waals surface area contributed by atoms with Crippen molar-refractivity contribution in [3.8, 4) is 5.75 Å². The number of hydrogen-bond acceptors (Lipinski definition) is 9. The number of rotatable bonds is 10. The topological polar surface area (TPSA) is 140 Å². The van der Waals surface area contributed by atoms with E-state index < -0.39 is 23.2 Å². The molecule has 0 bridgehead atoms. The van der Waals surface area contributed by atoms with Gasteiger partial charge in [-0.15, -0.1) is 5.10 Å². The Balaban J connectivity index is 1.14. The van der Waals surface area contributed by atoms with Gasteiger partial charge in [-0.2, -0.15) is 22.7 Å². The summed E-state index contributed by atoms with van der Waals surface area (Å²) in [6.07, 6.45) is -1.17. The summed E-state index contributed by atoms with van der Waals surface area (Å²) in [7, 11) is 0. The van der Waals surface area contributed by atoms with Crippen LogP contribution in [0.3, 0.4) is 0 Å². The number of alkyl halides is 3. The van der Waals surface area contributed by atoms with Gasteiger partial charge in [-0.3, -0.25) is 14.4 Å². The number of amides is 2. The zero-order chi connectivity index (χ0) is 37.4. The van der Waals surface area contributed by atoms with Crippen LogP contribution in [-0.2, 0) is 30.5 Å². The summed E-state index contributed by atoms with van der Waals surface area (Å²) in [4.78, 5) is 58.1. The predicted octanol–water partition coefficient (Wildman–Crippen LogP) is 5.28. The summed E-state index contributed by atoms with van der Waals surface area (Å²) < 4.78 is 48.5. The van der Waals surface area contributed by atoms with Crippen LogP contribution in [0.2, 0.25) is 5.02 Å². The van der Waals surface area contributed by atoms with Crippen LogP contribution >= 0.6 is 11.6 Å². The van der Waals surface area contributed by atoms with E-state index in [4.69, 9.17) is 16.3 Å². The summed E-state index contributed by atoms with van der Waals surface area (Å²) in [6.45, 7) is 4.62. The van der Waals surface area contributed by atoms with E-state index in [0.717, 1.165) is 36.6 Å². The molecule has 4 heterocycles. The standard InChI is InChI=1S/C36H35ClF3N9O4/c1-3-27-30(46-13-15-47(16-14-46)33(51)29-31(21(2)41-20-42-29)53-19-22-7-5-4-6-8-22)34(52)49-35(44-32(45-49)23-9-10-23)48(27)18-28(50)43-26-12-11-24(17-25(26)37)36(38,39)40/h4-8,11-12,17,20,23H,3,9-10,13-16,18-19H2,1-2H3,(H,43,50). The van der Waals surface area contributed by atoms with Crippen LogP contribution in [0.5, 0.6) is 5.75 Å². The minimum atomic E-state index is -4.60. The Morgan fingerprint density at radius 1 is 1.04 bits per heavy atom. The number of aromatic nitrogens is 6. The van der Waals surface area contributed by atoms with Gasteiger partial charge in [-0.05, 0) is 49.9 Å². The van der Waals surface area contributed by atoms with E-state index in [1.165, 1.54) is 10.8 Å². The third-order valence-corrected chi connectivity index (χ3v) is 9.60. The zero-order valence-corrected chi connectivity index (χ0v) is 29.6. The fraction of sp³-hybridized carbons (Fsp3) is 0.361. The van der Waals surface area contributed by atoms with E-state index in [-0.39, 0.29) is 60.2 Å². The highest BCUT2D eigenvalue weighted by molar-refractivity contribution is 6.33. The molecule has 5 aromatic rings. The minimum Gasteiger partial charge on any atom is -0.485 e. The molecule has 0 radical (unpaired) electrons. The summed E-state index contributed by atoms with van der Waals surface area (Å²) in [5.41, 5.74) is 1.11. The number of aryl methyl sites for hydroxylation is 1. The van der Waals surface area contributed by atoms with E-state index in [2.05, 4.69) is 25.4 Å². The summed E-state index contributed by atoms with van der Waals surface area (Å²) >= 11 is 6.12. The Labute approximate surface area is 306 Å². The first-order chi connectivity index (χ1) is 25.4. The van der Waals surface area contributed by atoms with E-state index in [1.807, 2.05) is 42.2 Å². The number of piperazine rings is 1. The fourth-order valence-corrected chi connectivity index (χ4v) is 6.61. The first kappa shape index (κ1) is 35.9. The van der Waals surface area contributed by atoms with Crippen LogP contribution in [-0.4, -0.2) is 72.0 Å². The number of hydrogen-bond donors (Lipinski definition) is 1.